The van der Waals surface area contributed by atoms with E-state index < -0.39 is 16.8 Å². The van der Waals surface area contributed by atoms with Crippen LogP contribution in [0.15, 0.2) is 18.2 Å². The summed E-state index contributed by atoms with van der Waals surface area (Å²) in [5.41, 5.74) is -0.257. The van der Waals surface area contributed by atoms with Crippen LogP contribution in [0.3, 0.4) is 0 Å². The smallest absolute Gasteiger partial charge is 0.272 e. The molecule has 5 heteroatoms. The number of nitro benzene ring substituents is 1. The number of nitrogens with zero attached hydrogens (tertiary/aromatic N) is 1. The fraction of sp³-hybridized carbons (Fsp3) is 0.250. The van der Waals surface area contributed by atoms with Crippen molar-refractivity contribution in [2.45, 2.75) is 13.0 Å². The number of hydrogen-bond acceptors (Lipinski definition) is 3. The van der Waals surface area contributed by atoms with Gasteiger partial charge in [0.2, 0.25) is 0 Å². The summed E-state index contributed by atoms with van der Waals surface area (Å²) in [6, 6.07) is 3.16. The van der Waals surface area contributed by atoms with Crippen LogP contribution in [0, 0.1) is 15.9 Å². The second-order valence-corrected chi connectivity index (χ2v) is 2.64. The van der Waals surface area contributed by atoms with Gasteiger partial charge in [-0.1, -0.05) is 0 Å². The molecule has 0 aliphatic rings. The standard InChI is InChI=1S/C8H8FNO3/c1-5(11)7-3-2-6(10(12)13)4-8(7)9/h2-5,11H,1H3/t5-/m0/s1. The molecule has 13 heavy (non-hydrogen) atoms. The lowest BCUT2D eigenvalue weighted by atomic mass is 10.1. The highest BCUT2D eigenvalue weighted by molar-refractivity contribution is 5.34. The molecule has 1 N–H and O–H groups in total. The second-order valence-electron chi connectivity index (χ2n) is 2.64. The van der Waals surface area contributed by atoms with Gasteiger partial charge in [-0.05, 0) is 13.0 Å². The fourth-order valence-electron chi connectivity index (χ4n) is 0.968. The van der Waals surface area contributed by atoms with E-state index in [-0.39, 0.29) is 11.3 Å². The van der Waals surface area contributed by atoms with Crippen LogP contribution in [0.2, 0.25) is 0 Å². The minimum Gasteiger partial charge on any atom is -0.389 e. The SMILES string of the molecule is C[C@H](O)c1ccc([N+](=O)[O-])cc1F. The van der Waals surface area contributed by atoms with Crippen molar-refractivity contribution in [3.63, 3.8) is 0 Å². The molecule has 0 amide bonds. The van der Waals surface area contributed by atoms with Crippen molar-refractivity contribution in [1.29, 1.82) is 0 Å². The molecule has 0 bridgehead atoms. The first-order valence-electron chi connectivity index (χ1n) is 3.64. The van der Waals surface area contributed by atoms with Crippen molar-refractivity contribution in [2.75, 3.05) is 0 Å². The molecule has 0 saturated carbocycles. The van der Waals surface area contributed by atoms with E-state index in [1.165, 1.54) is 13.0 Å². The van der Waals surface area contributed by atoms with Crippen LogP contribution in [0.25, 0.3) is 0 Å². The minimum atomic E-state index is -0.958. The normalized spacial score (nSPS) is 12.5. The predicted molar refractivity (Wildman–Crippen MR) is 43.7 cm³/mol. The Balaban J connectivity index is 3.13. The molecule has 0 radical (unpaired) electrons. The second kappa shape index (κ2) is 3.49. The van der Waals surface area contributed by atoms with Crippen molar-refractivity contribution < 1.29 is 14.4 Å². The Morgan fingerprint density at radius 3 is 2.62 bits per heavy atom. The van der Waals surface area contributed by atoms with E-state index in [0.717, 1.165) is 12.1 Å². The molecular weight excluding hydrogens is 177 g/mol. The Morgan fingerprint density at radius 1 is 1.62 bits per heavy atom. The molecule has 0 aromatic heterocycles. The highest BCUT2D eigenvalue weighted by Gasteiger charge is 2.13. The average Bonchev–Trinajstić information content (AvgIpc) is 2.03. The van der Waals surface area contributed by atoms with Crippen LogP contribution in [0.1, 0.15) is 18.6 Å². The van der Waals surface area contributed by atoms with Gasteiger partial charge in [0, 0.05) is 11.6 Å². The lowest BCUT2D eigenvalue weighted by Crippen LogP contribution is -1.97. The minimum absolute atomic E-state index is 0.0607. The molecule has 0 aliphatic heterocycles. The van der Waals surface area contributed by atoms with Crippen molar-refractivity contribution in [3.05, 3.63) is 39.7 Å². The highest BCUT2D eigenvalue weighted by atomic mass is 19.1. The molecule has 0 heterocycles. The predicted octanol–water partition coefficient (Wildman–Crippen LogP) is 1.79. The molecule has 1 aromatic rings. The van der Waals surface area contributed by atoms with Crippen LogP contribution in [0.5, 0.6) is 0 Å². The van der Waals surface area contributed by atoms with E-state index >= 15 is 0 Å². The molecule has 0 fully saturated rings. The van der Waals surface area contributed by atoms with E-state index in [9.17, 15) is 14.5 Å². The first-order valence-corrected chi connectivity index (χ1v) is 3.64. The summed E-state index contributed by atoms with van der Waals surface area (Å²) < 4.78 is 13.0. The van der Waals surface area contributed by atoms with Gasteiger partial charge in [0.15, 0.2) is 0 Å². The molecule has 0 unspecified atom stereocenters. The number of nitro groups is 1. The van der Waals surface area contributed by atoms with Gasteiger partial charge in [-0.25, -0.2) is 4.39 Å². The number of halogens is 1. The summed E-state index contributed by atoms with van der Waals surface area (Å²) in [6.45, 7) is 1.39. The topological polar surface area (TPSA) is 63.4 Å². The lowest BCUT2D eigenvalue weighted by Gasteiger charge is -2.04. The maximum Gasteiger partial charge on any atom is 0.272 e. The highest BCUT2D eigenvalue weighted by Crippen LogP contribution is 2.21. The maximum atomic E-state index is 13.0. The van der Waals surface area contributed by atoms with Crippen molar-refractivity contribution in [3.8, 4) is 0 Å². The van der Waals surface area contributed by atoms with Gasteiger partial charge < -0.3 is 5.11 Å². The first-order chi connectivity index (χ1) is 6.02. The van der Waals surface area contributed by atoms with Crippen molar-refractivity contribution in [2.24, 2.45) is 0 Å². The van der Waals surface area contributed by atoms with E-state index in [0.29, 0.717) is 0 Å². The van der Waals surface area contributed by atoms with Gasteiger partial charge in [0.05, 0.1) is 17.1 Å². The molecule has 1 rings (SSSR count). The third kappa shape index (κ3) is 2.00. The third-order valence-electron chi connectivity index (χ3n) is 1.64. The monoisotopic (exact) mass is 185 g/mol. The zero-order valence-electron chi connectivity index (χ0n) is 6.90. The first kappa shape index (κ1) is 9.60. The Hall–Kier alpha value is -1.49. The zero-order chi connectivity index (χ0) is 10.0. The maximum absolute atomic E-state index is 13.0. The van der Waals surface area contributed by atoms with E-state index in [4.69, 9.17) is 5.11 Å². The molecule has 0 saturated heterocycles. The summed E-state index contributed by atoms with van der Waals surface area (Å²) >= 11 is 0. The summed E-state index contributed by atoms with van der Waals surface area (Å²) in [4.78, 5) is 9.53. The van der Waals surface area contributed by atoms with E-state index in [2.05, 4.69) is 0 Å². The molecule has 1 atom stereocenters. The number of hydrogen-bond donors (Lipinski definition) is 1. The number of benzene rings is 1. The Labute approximate surface area is 73.8 Å². The van der Waals surface area contributed by atoms with Gasteiger partial charge in [-0.3, -0.25) is 10.1 Å². The fourth-order valence-corrected chi connectivity index (χ4v) is 0.968. The number of non-ortho nitro benzene ring substituents is 1. The zero-order valence-corrected chi connectivity index (χ0v) is 6.90. The number of aliphatic hydroxyl groups is 1. The molecule has 0 spiro atoms. The summed E-state index contributed by atoms with van der Waals surface area (Å²) in [6.07, 6.45) is -0.958. The number of rotatable bonds is 2. The molecule has 70 valence electrons. The number of aliphatic hydroxyl groups excluding tert-OH is 1. The molecule has 1 aromatic carbocycles. The summed E-state index contributed by atoms with van der Waals surface area (Å²) in [5.74, 6) is -0.760. The molecule has 0 aliphatic carbocycles. The van der Waals surface area contributed by atoms with Crippen LogP contribution in [0.4, 0.5) is 10.1 Å². The summed E-state index contributed by atoms with van der Waals surface area (Å²) in [5, 5.41) is 19.2. The molecule has 4 nitrogen and oxygen atoms in total. The Bertz CT molecular complexity index is 338. The van der Waals surface area contributed by atoms with Crippen molar-refractivity contribution >= 4 is 5.69 Å². The quantitative estimate of drug-likeness (QED) is 0.564. The van der Waals surface area contributed by atoms with Crippen LogP contribution in [-0.2, 0) is 0 Å². The van der Waals surface area contributed by atoms with Crippen LogP contribution >= 0.6 is 0 Å². The third-order valence-corrected chi connectivity index (χ3v) is 1.64. The molecular formula is C8H8FNO3. The summed E-state index contributed by atoms with van der Waals surface area (Å²) in [7, 11) is 0. The van der Waals surface area contributed by atoms with Gasteiger partial charge in [-0.2, -0.15) is 0 Å². The Morgan fingerprint density at radius 2 is 2.23 bits per heavy atom. The van der Waals surface area contributed by atoms with E-state index in [1.54, 1.807) is 0 Å². The van der Waals surface area contributed by atoms with Gasteiger partial charge in [0.25, 0.3) is 5.69 Å². The average molecular weight is 185 g/mol. The van der Waals surface area contributed by atoms with E-state index in [1.807, 2.05) is 0 Å². The van der Waals surface area contributed by atoms with Crippen LogP contribution in [-0.4, -0.2) is 10.0 Å². The van der Waals surface area contributed by atoms with Crippen molar-refractivity contribution in [1.82, 2.24) is 0 Å². The Kier molecular flexibility index (Phi) is 2.57. The largest absolute Gasteiger partial charge is 0.389 e. The van der Waals surface area contributed by atoms with Gasteiger partial charge in [0.1, 0.15) is 5.82 Å². The van der Waals surface area contributed by atoms with Gasteiger partial charge in [-0.15, -0.1) is 0 Å². The lowest BCUT2D eigenvalue weighted by molar-refractivity contribution is -0.385. The van der Waals surface area contributed by atoms with Crippen LogP contribution < -0.4 is 0 Å². The van der Waals surface area contributed by atoms with Gasteiger partial charge >= 0.3 is 0 Å².